The molecule has 0 saturated heterocycles. The zero-order chi connectivity index (χ0) is 11.0. The predicted molar refractivity (Wildman–Crippen MR) is 61.6 cm³/mol. The molecule has 86 valence electrons. The Morgan fingerprint density at radius 3 is 2.88 bits per heavy atom. The molecule has 2 nitrogen and oxygen atoms in total. The molecule has 2 aliphatic carbocycles. The van der Waals surface area contributed by atoms with Gasteiger partial charge in [0, 0.05) is 6.54 Å². The summed E-state index contributed by atoms with van der Waals surface area (Å²) < 4.78 is 12.7. The molecule has 1 aromatic rings. The molecule has 3 atom stereocenters. The second-order valence-electron chi connectivity index (χ2n) is 5.18. The number of nitrogens with one attached hydrogen (secondary N) is 1. The molecule has 2 aliphatic rings. The number of anilines is 1. The van der Waals surface area contributed by atoms with Crippen LogP contribution in [-0.2, 0) is 0 Å². The second kappa shape index (κ2) is 4.04. The summed E-state index contributed by atoms with van der Waals surface area (Å²) in [5, 5.41) is 3.32. The van der Waals surface area contributed by atoms with Gasteiger partial charge in [0.2, 0.25) is 0 Å². The van der Waals surface area contributed by atoms with Crippen LogP contribution in [-0.4, -0.2) is 11.5 Å². The van der Waals surface area contributed by atoms with Crippen LogP contribution < -0.4 is 5.32 Å². The van der Waals surface area contributed by atoms with E-state index in [4.69, 9.17) is 0 Å². The maximum absolute atomic E-state index is 12.7. The van der Waals surface area contributed by atoms with Gasteiger partial charge in [-0.1, -0.05) is 6.42 Å². The van der Waals surface area contributed by atoms with Gasteiger partial charge in [0.05, 0.1) is 6.20 Å². The smallest absolute Gasteiger partial charge is 0.141 e. The molecule has 1 N–H and O–H groups in total. The van der Waals surface area contributed by atoms with E-state index in [9.17, 15) is 4.39 Å². The Bertz CT molecular complexity index is 363. The summed E-state index contributed by atoms with van der Waals surface area (Å²) in [6.07, 6.45) is 6.93. The molecule has 0 aliphatic heterocycles. The number of hydrogen-bond donors (Lipinski definition) is 1. The highest BCUT2D eigenvalue weighted by Gasteiger charge is 2.38. The Kier molecular flexibility index (Phi) is 2.54. The molecular formula is C13H17FN2. The van der Waals surface area contributed by atoms with Gasteiger partial charge in [-0.15, -0.1) is 0 Å². The molecule has 1 aromatic heterocycles. The average molecular weight is 220 g/mol. The predicted octanol–water partition coefficient (Wildman–Crippen LogP) is 3.07. The molecule has 0 spiro atoms. The summed E-state index contributed by atoms with van der Waals surface area (Å²) in [6, 6.07) is 3.17. The molecule has 0 aromatic carbocycles. The monoisotopic (exact) mass is 220 g/mol. The lowest BCUT2D eigenvalue weighted by atomic mass is 9.89. The summed E-state index contributed by atoms with van der Waals surface area (Å²) in [7, 11) is 0. The highest BCUT2D eigenvalue weighted by Crippen LogP contribution is 2.48. The third kappa shape index (κ3) is 1.91. The van der Waals surface area contributed by atoms with Crippen LogP contribution in [0.1, 0.15) is 25.7 Å². The van der Waals surface area contributed by atoms with Crippen molar-refractivity contribution >= 4 is 5.82 Å². The first-order valence-electron chi connectivity index (χ1n) is 6.16. The van der Waals surface area contributed by atoms with Crippen LogP contribution in [0.25, 0.3) is 0 Å². The van der Waals surface area contributed by atoms with Crippen molar-refractivity contribution in [3.63, 3.8) is 0 Å². The lowest BCUT2D eigenvalue weighted by Gasteiger charge is -2.21. The quantitative estimate of drug-likeness (QED) is 0.846. The van der Waals surface area contributed by atoms with Gasteiger partial charge in [-0.3, -0.25) is 0 Å². The molecular weight excluding hydrogens is 203 g/mol. The van der Waals surface area contributed by atoms with Gasteiger partial charge in [-0.2, -0.15) is 0 Å². The van der Waals surface area contributed by atoms with Crippen LogP contribution in [0.4, 0.5) is 10.2 Å². The van der Waals surface area contributed by atoms with Crippen molar-refractivity contribution in [1.29, 1.82) is 0 Å². The minimum absolute atomic E-state index is 0.273. The molecule has 2 saturated carbocycles. The van der Waals surface area contributed by atoms with Crippen LogP contribution in [0, 0.1) is 23.6 Å². The van der Waals surface area contributed by atoms with Gasteiger partial charge in [-0.05, 0) is 49.1 Å². The molecule has 3 rings (SSSR count). The maximum Gasteiger partial charge on any atom is 0.141 e. The van der Waals surface area contributed by atoms with E-state index in [2.05, 4.69) is 10.3 Å². The highest BCUT2D eigenvalue weighted by atomic mass is 19.1. The van der Waals surface area contributed by atoms with Crippen LogP contribution in [0.5, 0.6) is 0 Å². The number of hydrogen-bond acceptors (Lipinski definition) is 2. The topological polar surface area (TPSA) is 24.9 Å². The lowest BCUT2D eigenvalue weighted by Crippen LogP contribution is -2.20. The van der Waals surface area contributed by atoms with E-state index in [1.165, 1.54) is 37.9 Å². The fraction of sp³-hybridized carbons (Fsp3) is 0.615. The number of nitrogens with zero attached hydrogens (tertiary/aromatic N) is 1. The average Bonchev–Trinajstić information content (AvgIpc) is 2.90. The Hall–Kier alpha value is -1.12. The van der Waals surface area contributed by atoms with E-state index in [1.54, 1.807) is 6.07 Å². The van der Waals surface area contributed by atoms with Crippen molar-refractivity contribution in [3.8, 4) is 0 Å². The third-order valence-electron chi connectivity index (χ3n) is 4.16. The first kappa shape index (κ1) is 10.1. The van der Waals surface area contributed by atoms with E-state index in [1.807, 2.05) is 0 Å². The van der Waals surface area contributed by atoms with E-state index in [0.717, 1.165) is 30.1 Å². The third-order valence-corrected chi connectivity index (χ3v) is 4.16. The number of pyridine rings is 1. The van der Waals surface area contributed by atoms with E-state index in [0.29, 0.717) is 0 Å². The number of aromatic nitrogens is 1. The van der Waals surface area contributed by atoms with Crippen molar-refractivity contribution in [2.75, 3.05) is 11.9 Å². The van der Waals surface area contributed by atoms with Gasteiger partial charge in [0.15, 0.2) is 0 Å². The fourth-order valence-electron chi connectivity index (χ4n) is 3.34. The van der Waals surface area contributed by atoms with E-state index in [-0.39, 0.29) is 5.82 Å². The van der Waals surface area contributed by atoms with Crippen molar-refractivity contribution in [1.82, 2.24) is 4.98 Å². The van der Waals surface area contributed by atoms with Gasteiger partial charge in [-0.25, -0.2) is 9.37 Å². The first-order valence-corrected chi connectivity index (χ1v) is 6.16. The van der Waals surface area contributed by atoms with Gasteiger partial charge in [0.25, 0.3) is 0 Å². The Morgan fingerprint density at radius 2 is 2.25 bits per heavy atom. The zero-order valence-electron chi connectivity index (χ0n) is 9.32. The summed E-state index contributed by atoms with van der Waals surface area (Å²) in [5.41, 5.74) is 0. The van der Waals surface area contributed by atoms with E-state index >= 15 is 0 Å². The first-order chi connectivity index (χ1) is 7.81. The molecule has 3 unspecified atom stereocenters. The van der Waals surface area contributed by atoms with Crippen LogP contribution >= 0.6 is 0 Å². The molecule has 2 fully saturated rings. The van der Waals surface area contributed by atoms with Gasteiger partial charge >= 0.3 is 0 Å². The van der Waals surface area contributed by atoms with Crippen molar-refractivity contribution in [2.24, 2.45) is 17.8 Å². The molecule has 3 heteroatoms. The summed E-state index contributed by atoms with van der Waals surface area (Å²) >= 11 is 0. The van der Waals surface area contributed by atoms with Crippen LogP contribution in [0.2, 0.25) is 0 Å². The van der Waals surface area contributed by atoms with E-state index < -0.39 is 0 Å². The van der Waals surface area contributed by atoms with Gasteiger partial charge < -0.3 is 5.32 Å². The second-order valence-corrected chi connectivity index (χ2v) is 5.18. The van der Waals surface area contributed by atoms with Crippen molar-refractivity contribution in [3.05, 3.63) is 24.1 Å². The Balaban J connectivity index is 1.55. The number of halogens is 1. The Labute approximate surface area is 95.3 Å². The summed E-state index contributed by atoms with van der Waals surface area (Å²) in [6.45, 7) is 1.000. The van der Waals surface area contributed by atoms with Crippen LogP contribution in [0.3, 0.4) is 0 Å². The molecule has 0 radical (unpaired) electrons. The lowest BCUT2D eigenvalue weighted by molar-refractivity contribution is 0.348. The zero-order valence-corrected chi connectivity index (χ0v) is 9.32. The number of rotatable bonds is 3. The number of fused-ring (bicyclic) bond motifs is 2. The highest BCUT2D eigenvalue weighted by molar-refractivity contribution is 5.33. The molecule has 1 heterocycles. The summed E-state index contributed by atoms with van der Waals surface area (Å²) in [4.78, 5) is 4.02. The summed E-state index contributed by atoms with van der Waals surface area (Å²) in [5.74, 6) is 3.25. The van der Waals surface area contributed by atoms with Crippen LogP contribution in [0.15, 0.2) is 18.3 Å². The molecule has 0 amide bonds. The molecule has 2 bridgehead atoms. The van der Waals surface area contributed by atoms with Gasteiger partial charge in [0.1, 0.15) is 11.6 Å². The normalized spacial score (nSPS) is 31.9. The van der Waals surface area contributed by atoms with Crippen molar-refractivity contribution in [2.45, 2.75) is 25.7 Å². The Morgan fingerprint density at radius 1 is 1.31 bits per heavy atom. The largest absolute Gasteiger partial charge is 0.370 e. The fourth-order valence-corrected chi connectivity index (χ4v) is 3.34. The minimum Gasteiger partial charge on any atom is -0.370 e. The minimum atomic E-state index is -0.273. The maximum atomic E-state index is 12.7. The SMILES string of the molecule is Fc1ccc(NCC2CC3CCC2C3)nc1. The van der Waals surface area contributed by atoms with Crippen molar-refractivity contribution < 1.29 is 4.39 Å². The standard InChI is InChI=1S/C13H17FN2/c14-12-3-4-13(16-8-12)15-7-11-6-9-1-2-10(11)5-9/h3-4,8-11H,1-2,5-7H2,(H,15,16). The molecule has 16 heavy (non-hydrogen) atoms.